The number of nitrogens with one attached hydrogen (secondary N) is 2. The molecule has 0 aliphatic heterocycles. The van der Waals surface area contributed by atoms with E-state index in [1.165, 1.54) is 25.7 Å². The molecule has 2 N–H and O–H groups in total. The molecule has 2 amide bonds. The number of anilines is 1. The van der Waals surface area contributed by atoms with Crippen molar-refractivity contribution in [3.05, 3.63) is 60.7 Å². The van der Waals surface area contributed by atoms with Crippen LogP contribution in [-0.2, 0) is 4.74 Å². The molecule has 0 atom stereocenters. The lowest BCUT2D eigenvalue weighted by molar-refractivity contribution is 0.0593. The first-order chi connectivity index (χ1) is 16.1. The van der Waals surface area contributed by atoms with E-state index < -0.39 is 12.0 Å². The Bertz CT molecular complexity index is 1270. The lowest BCUT2D eigenvalue weighted by Crippen LogP contribution is -2.28. The van der Waals surface area contributed by atoms with Crippen LogP contribution in [0.4, 0.5) is 10.6 Å². The van der Waals surface area contributed by atoms with Crippen molar-refractivity contribution in [2.75, 3.05) is 19.0 Å². The molecule has 0 fully saturated rings. The molecule has 166 valence electrons. The molecule has 1 aromatic carbocycles. The molecule has 11 heteroatoms. The molecule has 0 spiro atoms. The molecule has 0 bridgehead atoms. The second-order valence-corrected chi connectivity index (χ2v) is 6.66. The van der Waals surface area contributed by atoms with Gasteiger partial charge in [0.05, 0.1) is 30.8 Å². The lowest BCUT2D eigenvalue weighted by atomic mass is 10.1. The number of carbonyl (C=O) groups excluding carboxylic acids is 2. The number of hydrogen-bond acceptors (Lipinski definition) is 9. The number of nitrogens with zero attached hydrogens (tertiary/aromatic N) is 5. The van der Waals surface area contributed by atoms with Crippen LogP contribution < -0.4 is 10.6 Å². The molecule has 11 nitrogen and oxygen atoms in total. The van der Waals surface area contributed by atoms with Crippen molar-refractivity contribution in [1.82, 2.24) is 30.5 Å². The average molecular weight is 445 g/mol. The molecule has 0 radical (unpaired) electrons. The second kappa shape index (κ2) is 9.64. The number of carbonyl (C=O) groups is 2. The molecule has 0 unspecified atom stereocenters. The van der Waals surface area contributed by atoms with Crippen LogP contribution in [0, 0.1) is 0 Å². The Morgan fingerprint density at radius 3 is 2.45 bits per heavy atom. The summed E-state index contributed by atoms with van der Waals surface area (Å²) in [5, 5.41) is 13.6. The minimum absolute atomic E-state index is 0.0643. The van der Waals surface area contributed by atoms with E-state index in [-0.39, 0.29) is 17.4 Å². The Labute approximate surface area is 188 Å². The van der Waals surface area contributed by atoms with E-state index in [1.54, 1.807) is 6.07 Å². The van der Waals surface area contributed by atoms with E-state index in [0.29, 0.717) is 29.3 Å². The van der Waals surface area contributed by atoms with Gasteiger partial charge in [-0.3, -0.25) is 10.3 Å². The maximum atomic E-state index is 12.0. The largest absolute Gasteiger partial charge is 0.464 e. The number of ether oxygens (including phenoxy) is 1. The van der Waals surface area contributed by atoms with Crippen LogP contribution in [0.2, 0.25) is 0 Å². The fraction of sp³-hybridized carbons (Fsp3) is 0.136. The minimum Gasteiger partial charge on any atom is -0.464 e. The zero-order valence-corrected chi connectivity index (χ0v) is 17.8. The maximum absolute atomic E-state index is 12.0. The van der Waals surface area contributed by atoms with Crippen LogP contribution in [0.3, 0.4) is 0 Å². The molecular weight excluding hydrogens is 426 g/mol. The molecule has 3 aromatic heterocycles. The summed E-state index contributed by atoms with van der Waals surface area (Å²) in [5.74, 6) is 0.208. The van der Waals surface area contributed by atoms with Crippen LogP contribution in [0.15, 0.2) is 59.4 Å². The van der Waals surface area contributed by atoms with Crippen LogP contribution in [0.25, 0.3) is 34.2 Å². The predicted octanol–water partition coefficient (Wildman–Crippen LogP) is 3.18. The van der Waals surface area contributed by atoms with Crippen LogP contribution in [-0.4, -0.2) is 50.8 Å². The summed E-state index contributed by atoms with van der Waals surface area (Å²) in [5.41, 5.74) is 2.23. The summed E-state index contributed by atoms with van der Waals surface area (Å²) in [4.78, 5) is 36.3. The number of urea groups is 1. The summed E-state index contributed by atoms with van der Waals surface area (Å²) in [7, 11) is 1.26. The average Bonchev–Trinajstić information content (AvgIpc) is 3.35. The quantitative estimate of drug-likeness (QED) is 0.427. The van der Waals surface area contributed by atoms with Crippen molar-refractivity contribution < 1.29 is 18.7 Å². The zero-order chi connectivity index (χ0) is 23.2. The van der Waals surface area contributed by atoms with E-state index in [4.69, 9.17) is 4.42 Å². The smallest absolute Gasteiger partial charge is 0.358 e. The van der Waals surface area contributed by atoms with Gasteiger partial charge in [0, 0.05) is 23.9 Å². The van der Waals surface area contributed by atoms with Crippen molar-refractivity contribution in [2.45, 2.75) is 6.92 Å². The summed E-state index contributed by atoms with van der Waals surface area (Å²) in [6.45, 7) is 2.27. The molecule has 3 heterocycles. The highest BCUT2D eigenvalue weighted by Gasteiger charge is 2.19. The summed E-state index contributed by atoms with van der Waals surface area (Å²) in [6, 6.07) is 10.5. The fourth-order valence-corrected chi connectivity index (χ4v) is 2.93. The Hall–Kier alpha value is -4.67. The van der Waals surface area contributed by atoms with Crippen molar-refractivity contribution >= 4 is 17.8 Å². The standard InChI is InChI=1S/C22H19N7O4/c1-3-23-22(31)27-18-9-14(20-29-28-19(33-20)13-7-5-4-6-8-13)15(10-26-18)16-11-25-17(12-24-16)21(30)32-2/h4-12H,3H2,1-2H3,(H2,23,26,27,31). The minimum atomic E-state index is -0.599. The normalized spacial score (nSPS) is 10.5. The third-order valence-electron chi connectivity index (χ3n) is 4.48. The van der Waals surface area contributed by atoms with Gasteiger partial charge in [0.1, 0.15) is 5.82 Å². The molecule has 0 saturated heterocycles. The van der Waals surface area contributed by atoms with Gasteiger partial charge in [0.25, 0.3) is 0 Å². The summed E-state index contributed by atoms with van der Waals surface area (Å²) < 4.78 is 10.6. The topological polar surface area (TPSA) is 145 Å². The van der Waals surface area contributed by atoms with Crippen LogP contribution in [0.1, 0.15) is 17.4 Å². The summed E-state index contributed by atoms with van der Waals surface area (Å²) in [6.07, 6.45) is 4.22. The molecule has 4 aromatic rings. The van der Waals surface area contributed by atoms with Gasteiger partial charge in [-0.2, -0.15) is 0 Å². The molecule has 4 rings (SSSR count). The number of hydrogen-bond donors (Lipinski definition) is 2. The first kappa shape index (κ1) is 21.6. The number of methoxy groups -OCH3 is 1. The van der Waals surface area contributed by atoms with Crippen molar-refractivity contribution in [3.63, 3.8) is 0 Å². The van der Waals surface area contributed by atoms with Gasteiger partial charge in [0.15, 0.2) is 5.69 Å². The van der Waals surface area contributed by atoms with Gasteiger partial charge in [-0.05, 0) is 25.1 Å². The first-order valence-electron chi connectivity index (χ1n) is 9.94. The third-order valence-corrected chi connectivity index (χ3v) is 4.48. The SMILES string of the molecule is CCNC(=O)Nc1cc(-c2nnc(-c3ccccc3)o2)c(-c2cnc(C(=O)OC)cn2)cn1. The fourth-order valence-electron chi connectivity index (χ4n) is 2.93. The highest BCUT2D eigenvalue weighted by Crippen LogP contribution is 2.33. The van der Waals surface area contributed by atoms with Crippen molar-refractivity contribution in [1.29, 1.82) is 0 Å². The number of pyridine rings is 1. The van der Waals surface area contributed by atoms with Gasteiger partial charge in [0.2, 0.25) is 11.8 Å². The van der Waals surface area contributed by atoms with E-state index in [2.05, 4.69) is 40.5 Å². The Morgan fingerprint density at radius 1 is 0.970 bits per heavy atom. The number of benzene rings is 1. The first-order valence-corrected chi connectivity index (χ1v) is 9.94. The number of amides is 2. The highest BCUT2D eigenvalue weighted by atomic mass is 16.5. The van der Waals surface area contributed by atoms with Crippen molar-refractivity contribution in [2.24, 2.45) is 0 Å². The third kappa shape index (κ3) is 4.82. The van der Waals surface area contributed by atoms with Gasteiger partial charge in [-0.15, -0.1) is 10.2 Å². The van der Waals surface area contributed by atoms with Gasteiger partial charge >= 0.3 is 12.0 Å². The lowest BCUT2D eigenvalue weighted by Gasteiger charge is -2.10. The van der Waals surface area contributed by atoms with Gasteiger partial charge < -0.3 is 14.5 Å². The molecule has 0 saturated carbocycles. The molecular formula is C22H19N7O4. The Morgan fingerprint density at radius 2 is 1.76 bits per heavy atom. The van der Waals surface area contributed by atoms with Crippen molar-refractivity contribution in [3.8, 4) is 34.2 Å². The number of aromatic nitrogens is 5. The Kier molecular flexibility index (Phi) is 6.30. The predicted molar refractivity (Wildman–Crippen MR) is 118 cm³/mol. The summed E-state index contributed by atoms with van der Waals surface area (Å²) >= 11 is 0. The molecule has 0 aliphatic carbocycles. The molecule has 33 heavy (non-hydrogen) atoms. The van der Waals surface area contributed by atoms with Gasteiger partial charge in [-0.25, -0.2) is 19.6 Å². The monoisotopic (exact) mass is 445 g/mol. The number of esters is 1. The Balaban J connectivity index is 1.76. The van der Waals surface area contributed by atoms with E-state index in [0.717, 1.165) is 5.56 Å². The van der Waals surface area contributed by atoms with Gasteiger partial charge in [-0.1, -0.05) is 18.2 Å². The highest BCUT2D eigenvalue weighted by molar-refractivity contribution is 5.90. The van der Waals surface area contributed by atoms with E-state index in [9.17, 15) is 9.59 Å². The van der Waals surface area contributed by atoms with E-state index in [1.807, 2.05) is 37.3 Å². The van der Waals surface area contributed by atoms with Crippen LogP contribution >= 0.6 is 0 Å². The zero-order valence-electron chi connectivity index (χ0n) is 17.8. The second-order valence-electron chi connectivity index (χ2n) is 6.66. The number of rotatable bonds is 6. The molecule has 0 aliphatic rings. The maximum Gasteiger partial charge on any atom is 0.358 e. The van der Waals surface area contributed by atoms with E-state index >= 15 is 0 Å². The van der Waals surface area contributed by atoms with Crippen LogP contribution in [0.5, 0.6) is 0 Å².